The average Bonchev–Trinajstić information content (AvgIpc) is 2.62. The van der Waals surface area contributed by atoms with Crippen molar-refractivity contribution in [2.45, 2.75) is 42.6 Å². The maximum absolute atomic E-state index is 6.15. The van der Waals surface area contributed by atoms with Crippen LogP contribution in [0.1, 0.15) is 32.1 Å². The minimum Gasteiger partial charge on any atom is -0.375 e. The molecule has 122 valence electrons. The Morgan fingerprint density at radius 2 is 2.00 bits per heavy atom. The number of hydrogen-bond donors (Lipinski definition) is 0. The predicted octanol–water partition coefficient (Wildman–Crippen LogP) is 3.89. The van der Waals surface area contributed by atoms with Gasteiger partial charge in [-0.3, -0.25) is 0 Å². The first kappa shape index (κ1) is 15.2. The van der Waals surface area contributed by atoms with Gasteiger partial charge in [0.2, 0.25) is 0 Å². The van der Waals surface area contributed by atoms with Crippen molar-refractivity contribution in [2.75, 3.05) is 30.9 Å². The van der Waals surface area contributed by atoms with Crippen molar-refractivity contribution >= 4 is 28.5 Å². The minimum absolute atomic E-state index is 0.141. The van der Waals surface area contributed by atoms with E-state index in [1.54, 1.807) is 18.1 Å². The van der Waals surface area contributed by atoms with Crippen molar-refractivity contribution in [3.05, 3.63) is 24.5 Å². The zero-order valence-electron chi connectivity index (χ0n) is 13.6. The molecule has 1 aromatic carbocycles. The van der Waals surface area contributed by atoms with Gasteiger partial charge in [0.1, 0.15) is 12.1 Å². The fourth-order valence-corrected chi connectivity index (χ4v) is 4.27. The van der Waals surface area contributed by atoms with E-state index in [9.17, 15) is 0 Å². The highest BCUT2D eigenvalue weighted by molar-refractivity contribution is 7.98. The van der Waals surface area contributed by atoms with E-state index in [0.717, 1.165) is 43.9 Å². The molecule has 2 aliphatic rings. The predicted molar refractivity (Wildman–Crippen MR) is 95.3 cm³/mol. The van der Waals surface area contributed by atoms with E-state index in [2.05, 4.69) is 39.3 Å². The number of piperidine rings is 1. The summed E-state index contributed by atoms with van der Waals surface area (Å²) in [5, 5.41) is 1.17. The molecule has 0 N–H and O–H groups in total. The number of hydrogen-bond acceptors (Lipinski definition) is 5. The van der Waals surface area contributed by atoms with Crippen LogP contribution < -0.4 is 4.90 Å². The van der Waals surface area contributed by atoms with Crippen molar-refractivity contribution in [1.29, 1.82) is 0 Å². The van der Waals surface area contributed by atoms with Crippen LogP contribution in [0, 0.1) is 0 Å². The molecule has 2 aromatic rings. The van der Waals surface area contributed by atoms with Gasteiger partial charge < -0.3 is 9.64 Å². The van der Waals surface area contributed by atoms with E-state index in [1.165, 1.54) is 29.5 Å². The molecular formula is C18H23N3OS. The lowest BCUT2D eigenvalue weighted by molar-refractivity contribution is -0.0920. The van der Waals surface area contributed by atoms with Crippen LogP contribution in [0.15, 0.2) is 29.4 Å². The normalized spacial score (nSPS) is 21.0. The molecule has 4 nitrogen and oxygen atoms in total. The third-order valence-corrected chi connectivity index (χ3v) is 5.96. The molecule has 0 radical (unpaired) electrons. The summed E-state index contributed by atoms with van der Waals surface area (Å²) in [4.78, 5) is 12.7. The number of thioether (sulfide) groups is 1. The fourth-order valence-electron chi connectivity index (χ4n) is 3.83. The molecule has 0 amide bonds. The minimum atomic E-state index is 0.141. The first-order chi connectivity index (χ1) is 11.3. The van der Waals surface area contributed by atoms with Gasteiger partial charge in [0.25, 0.3) is 0 Å². The highest BCUT2D eigenvalue weighted by Crippen LogP contribution is 2.37. The van der Waals surface area contributed by atoms with Crippen LogP contribution >= 0.6 is 11.8 Å². The topological polar surface area (TPSA) is 38.2 Å². The molecule has 5 heteroatoms. The Balaban J connectivity index is 1.60. The van der Waals surface area contributed by atoms with Crippen molar-refractivity contribution in [2.24, 2.45) is 0 Å². The highest BCUT2D eigenvalue weighted by atomic mass is 32.2. The summed E-state index contributed by atoms with van der Waals surface area (Å²) in [6.45, 7) is 2.98. The van der Waals surface area contributed by atoms with Crippen LogP contribution in [0.3, 0.4) is 0 Å². The van der Waals surface area contributed by atoms with Gasteiger partial charge in [-0.2, -0.15) is 0 Å². The van der Waals surface area contributed by atoms with Gasteiger partial charge in [0.05, 0.1) is 11.1 Å². The van der Waals surface area contributed by atoms with Crippen molar-refractivity contribution in [3.63, 3.8) is 0 Å². The largest absolute Gasteiger partial charge is 0.375 e. The van der Waals surface area contributed by atoms with Crippen molar-refractivity contribution in [3.8, 4) is 0 Å². The second-order valence-electron chi connectivity index (χ2n) is 6.56. The molecule has 0 bridgehead atoms. The maximum Gasteiger partial charge on any atom is 0.139 e. The Bertz CT molecular complexity index is 690. The lowest BCUT2D eigenvalue weighted by Gasteiger charge is -2.44. The molecule has 4 rings (SSSR count). The average molecular weight is 329 g/mol. The van der Waals surface area contributed by atoms with E-state index in [0.29, 0.717) is 0 Å². The highest BCUT2D eigenvalue weighted by Gasteiger charge is 2.37. The summed E-state index contributed by atoms with van der Waals surface area (Å²) in [7, 11) is 0. The zero-order valence-corrected chi connectivity index (χ0v) is 14.4. The summed E-state index contributed by atoms with van der Waals surface area (Å²) < 4.78 is 6.15. The molecule has 23 heavy (non-hydrogen) atoms. The van der Waals surface area contributed by atoms with Gasteiger partial charge in [0, 0.05) is 30.0 Å². The molecule has 0 unspecified atom stereocenters. The van der Waals surface area contributed by atoms with Crippen LogP contribution in [0.4, 0.5) is 5.82 Å². The van der Waals surface area contributed by atoms with Gasteiger partial charge in [-0.1, -0.05) is 0 Å². The number of aromatic nitrogens is 2. The molecule has 1 spiro atoms. The van der Waals surface area contributed by atoms with Crippen LogP contribution in [-0.4, -0.2) is 41.5 Å². The Labute approximate surface area is 141 Å². The van der Waals surface area contributed by atoms with Crippen LogP contribution in [0.25, 0.3) is 10.9 Å². The molecule has 2 saturated heterocycles. The second-order valence-corrected chi connectivity index (χ2v) is 7.44. The van der Waals surface area contributed by atoms with E-state index >= 15 is 0 Å². The maximum atomic E-state index is 6.15. The van der Waals surface area contributed by atoms with E-state index in [-0.39, 0.29) is 5.60 Å². The molecule has 0 aliphatic carbocycles. The Hall–Kier alpha value is -1.33. The summed E-state index contributed by atoms with van der Waals surface area (Å²) in [6, 6.07) is 6.45. The van der Waals surface area contributed by atoms with Gasteiger partial charge in [-0.15, -0.1) is 11.8 Å². The number of anilines is 1. The van der Waals surface area contributed by atoms with E-state index in [4.69, 9.17) is 4.74 Å². The fraction of sp³-hybridized carbons (Fsp3) is 0.556. The van der Waals surface area contributed by atoms with Gasteiger partial charge >= 0.3 is 0 Å². The van der Waals surface area contributed by atoms with E-state index < -0.39 is 0 Å². The Morgan fingerprint density at radius 1 is 1.13 bits per heavy atom. The molecule has 1 aromatic heterocycles. The molecule has 3 heterocycles. The number of ether oxygens (including phenoxy) is 1. The number of benzene rings is 1. The lowest BCUT2D eigenvalue weighted by atomic mass is 9.84. The third-order valence-electron chi connectivity index (χ3n) is 5.23. The van der Waals surface area contributed by atoms with Gasteiger partial charge in [0.15, 0.2) is 0 Å². The number of nitrogens with zero attached hydrogens (tertiary/aromatic N) is 3. The van der Waals surface area contributed by atoms with Gasteiger partial charge in [-0.25, -0.2) is 9.97 Å². The molecule has 2 fully saturated rings. The quantitative estimate of drug-likeness (QED) is 0.782. The molecule has 2 aliphatic heterocycles. The SMILES string of the molecule is CSc1ccc2ncnc(N3CCC4(CCCCO4)CC3)c2c1. The second kappa shape index (κ2) is 6.29. The number of fused-ring (bicyclic) bond motifs is 1. The summed E-state index contributed by atoms with van der Waals surface area (Å²) in [5.41, 5.74) is 1.17. The summed E-state index contributed by atoms with van der Waals surface area (Å²) in [6.07, 6.45) is 9.78. The van der Waals surface area contributed by atoms with Crippen LogP contribution in [-0.2, 0) is 4.74 Å². The van der Waals surface area contributed by atoms with Gasteiger partial charge in [-0.05, 0) is 56.6 Å². The van der Waals surface area contributed by atoms with Crippen molar-refractivity contribution < 1.29 is 4.74 Å². The Morgan fingerprint density at radius 3 is 2.74 bits per heavy atom. The molecular weight excluding hydrogens is 306 g/mol. The van der Waals surface area contributed by atoms with Crippen LogP contribution in [0.5, 0.6) is 0 Å². The standard InChI is InChI=1S/C18H23N3OS/c1-23-14-4-5-16-15(12-14)17(20-13-19-16)21-9-7-18(8-10-21)6-2-3-11-22-18/h4-5,12-13H,2-3,6-11H2,1H3. The summed E-state index contributed by atoms with van der Waals surface area (Å²) in [5.74, 6) is 1.08. The van der Waals surface area contributed by atoms with Crippen molar-refractivity contribution in [1.82, 2.24) is 9.97 Å². The van der Waals surface area contributed by atoms with E-state index in [1.807, 2.05) is 0 Å². The summed E-state index contributed by atoms with van der Waals surface area (Å²) >= 11 is 1.76. The zero-order chi connectivity index (χ0) is 15.7. The number of rotatable bonds is 2. The first-order valence-electron chi connectivity index (χ1n) is 8.47. The lowest BCUT2D eigenvalue weighted by Crippen LogP contribution is -2.48. The Kier molecular flexibility index (Phi) is 4.16. The third kappa shape index (κ3) is 2.92. The monoisotopic (exact) mass is 329 g/mol. The molecule has 0 saturated carbocycles. The molecule has 0 atom stereocenters. The van der Waals surface area contributed by atoms with Crippen LogP contribution in [0.2, 0.25) is 0 Å². The first-order valence-corrected chi connectivity index (χ1v) is 9.70. The smallest absolute Gasteiger partial charge is 0.139 e.